The fourth-order valence-corrected chi connectivity index (χ4v) is 2.93. The van der Waals surface area contributed by atoms with E-state index in [2.05, 4.69) is 15.3 Å². The van der Waals surface area contributed by atoms with Gasteiger partial charge in [-0.2, -0.15) is 0 Å². The molecule has 4 rings (SSSR count). The Hall–Kier alpha value is -3.15. The summed E-state index contributed by atoms with van der Waals surface area (Å²) in [5.74, 6) is 1.42. The van der Waals surface area contributed by atoms with Gasteiger partial charge in [0.15, 0.2) is 0 Å². The number of hydrogen-bond acceptors (Lipinski definition) is 4. The van der Waals surface area contributed by atoms with E-state index in [9.17, 15) is 4.39 Å². The Morgan fingerprint density at radius 2 is 1.92 bits per heavy atom. The molecule has 0 amide bonds. The van der Waals surface area contributed by atoms with Gasteiger partial charge in [0.25, 0.3) is 0 Å². The summed E-state index contributed by atoms with van der Waals surface area (Å²) in [4.78, 5) is 9.29. The van der Waals surface area contributed by atoms with Gasteiger partial charge < -0.3 is 10.1 Å². The summed E-state index contributed by atoms with van der Waals surface area (Å²) in [5.41, 5.74) is 4.68. The standard InChI is InChI=1S/C20H19FN4O/c1-26-16-7-8-19-18(13-16)24-20-23-17(9-12-25(19)20)14-3-5-15(6-4-14)22-11-2-10-21/h3-9,12-13,22H,2,10-11H2,1H3. The smallest absolute Gasteiger partial charge is 0.235 e. The van der Waals surface area contributed by atoms with Gasteiger partial charge in [0, 0.05) is 30.1 Å². The highest BCUT2D eigenvalue weighted by Crippen LogP contribution is 2.24. The van der Waals surface area contributed by atoms with E-state index in [0.717, 1.165) is 33.7 Å². The molecule has 0 spiro atoms. The van der Waals surface area contributed by atoms with Crippen LogP contribution in [-0.4, -0.2) is 34.7 Å². The minimum Gasteiger partial charge on any atom is -0.497 e. The van der Waals surface area contributed by atoms with E-state index in [1.807, 2.05) is 59.1 Å². The van der Waals surface area contributed by atoms with Crippen LogP contribution in [0.4, 0.5) is 10.1 Å². The van der Waals surface area contributed by atoms with Crippen LogP contribution in [0.5, 0.6) is 5.75 Å². The van der Waals surface area contributed by atoms with Gasteiger partial charge in [-0.25, -0.2) is 9.97 Å². The molecule has 0 fully saturated rings. The predicted octanol–water partition coefficient (Wildman–Crippen LogP) is 4.33. The lowest BCUT2D eigenvalue weighted by Gasteiger charge is -2.06. The van der Waals surface area contributed by atoms with Crippen molar-refractivity contribution >= 4 is 22.5 Å². The third-order valence-electron chi connectivity index (χ3n) is 4.30. The van der Waals surface area contributed by atoms with Gasteiger partial charge in [-0.15, -0.1) is 0 Å². The van der Waals surface area contributed by atoms with Gasteiger partial charge in [-0.05, 0) is 36.8 Å². The van der Waals surface area contributed by atoms with Crippen LogP contribution in [0, 0.1) is 0 Å². The summed E-state index contributed by atoms with van der Waals surface area (Å²) < 4.78 is 19.4. The van der Waals surface area contributed by atoms with Crippen molar-refractivity contribution in [3.05, 3.63) is 54.7 Å². The van der Waals surface area contributed by atoms with E-state index in [0.29, 0.717) is 18.7 Å². The summed E-state index contributed by atoms with van der Waals surface area (Å²) in [6.45, 7) is 0.323. The van der Waals surface area contributed by atoms with Crippen LogP contribution in [0.1, 0.15) is 6.42 Å². The number of benzene rings is 2. The monoisotopic (exact) mass is 350 g/mol. The molecule has 0 radical (unpaired) electrons. The first-order valence-corrected chi connectivity index (χ1v) is 8.51. The zero-order chi connectivity index (χ0) is 17.9. The highest BCUT2D eigenvalue weighted by Gasteiger charge is 2.08. The first-order chi connectivity index (χ1) is 12.8. The molecule has 0 aliphatic heterocycles. The summed E-state index contributed by atoms with van der Waals surface area (Å²) in [5, 5.41) is 3.19. The Morgan fingerprint density at radius 1 is 1.08 bits per heavy atom. The number of aromatic nitrogens is 3. The first kappa shape index (κ1) is 16.3. The zero-order valence-electron chi connectivity index (χ0n) is 14.4. The van der Waals surface area contributed by atoms with Gasteiger partial charge in [-0.1, -0.05) is 12.1 Å². The van der Waals surface area contributed by atoms with Crippen LogP contribution in [0.3, 0.4) is 0 Å². The normalized spacial score (nSPS) is 11.2. The molecule has 0 atom stereocenters. The Kier molecular flexibility index (Phi) is 4.39. The fraction of sp³-hybridized carbons (Fsp3) is 0.200. The Balaban J connectivity index is 1.65. The number of nitrogens with one attached hydrogen (secondary N) is 1. The van der Waals surface area contributed by atoms with E-state index in [1.165, 1.54) is 0 Å². The molecule has 0 bridgehead atoms. The lowest BCUT2D eigenvalue weighted by Crippen LogP contribution is -2.01. The van der Waals surface area contributed by atoms with Crippen molar-refractivity contribution in [2.45, 2.75) is 6.42 Å². The number of rotatable bonds is 6. The molecule has 0 aliphatic rings. The molecule has 5 nitrogen and oxygen atoms in total. The molecule has 4 aromatic rings. The van der Waals surface area contributed by atoms with Crippen molar-refractivity contribution < 1.29 is 9.13 Å². The van der Waals surface area contributed by atoms with Crippen molar-refractivity contribution in [1.29, 1.82) is 0 Å². The molecular weight excluding hydrogens is 331 g/mol. The van der Waals surface area contributed by atoms with Crippen LogP contribution < -0.4 is 10.1 Å². The molecule has 1 N–H and O–H groups in total. The van der Waals surface area contributed by atoms with Crippen molar-refractivity contribution in [2.24, 2.45) is 0 Å². The number of alkyl halides is 1. The highest BCUT2D eigenvalue weighted by atomic mass is 19.1. The number of ether oxygens (including phenoxy) is 1. The van der Waals surface area contributed by atoms with Crippen LogP contribution in [-0.2, 0) is 0 Å². The quantitative estimate of drug-likeness (QED) is 0.526. The average Bonchev–Trinajstić information content (AvgIpc) is 3.05. The SMILES string of the molecule is COc1ccc2c(c1)nc1nc(-c3ccc(NCCCF)cc3)ccn12. The number of anilines is 1. The van der Waals surface area contributed by atoms with Crippen LogP contribution >= 0.6 is 0 Å². The summed E-state index contributed by atoms with van der Waals surface area (Å²) >= 11 is 0. The summed E-state index contributed by atoms with van der Waals surface area (Å²) in [7, 11) is 1.64. The predicted molar refractivity (Wildman–Crippen MR) is 102 cm³/mol. The van der Waals surface area contributed by atoms with E-state index >= 15 is 0 Å². The molecule has 26 heavy (non-hydrogen) atoms. The summed E-state index contributed by atoms with van der Waals surface area (Å²) in [6, 6.07) is 15.7. The maximum Gasteiger partial charge on any atom is 0.235 e. The minimum atomic E-state index is -0.306. The lowest BCUT2D eigenvalue weighted by molar-refractivity contribution is 0.415. The van der Waals surface area contributed by atoms with Gasteiger partial charge in [0.05, 0.1) is 30.5 Å². The Morgan fingerprint density at radius 3 is 2.69 bits per heavy atom. The van der Waals surface area contributed by atoms with Crippen molar-refractivity contribution in [3.8, 4) is 17.0 Å². The fourth-order valence-electron chi connectivity index (χ4n) is 2.93. The highest BCUT2D eigenvalue weighted by molar-refractivity contribution is 5.81. The van der Waals surface area contributed by atoms with Crippen molar-refractivity contribution in [1.82, 2.24) is 14.4 Å². The van der Waals surface area contributed by atoms with E-state index in [1.54, 1.807) is 7.11 Å². The number of fused-ring (bicyclic) bond motifs is 3. The van der Waals surface area contributed by atoms with Gasteiger partial charge in [0.1, 0.15) is 5.75 Å². The average molecular weight is 350 g/mol. The number of methoxy groups -OCH3 is 1. The molecule has 2 aromatic carbocycles. The second-order valence-corrected chi connectivity index (χ2v) is 6.00. The largest absolute Gasteiger partial charge is 0.497 e. The molecule has 132 valence electrons. The van der Waals surface area contributed by atoms with Crippen LogP contribution in [0.25, 0.3) is 28.1 Å². The number of hydrogen-bond donors (Lipinski definition) is 1. The minimum absolute atomic E-state index is 0.306. The third-order valence-corrected chi connectivity index (χ3v) is 4.30. The van der Waals surface area contributed by atoms with Crippen molar-refractivity contribution in [3.63, 3.8) is 0 Å². The Labute approximate surface area is 150 Å². The number of nitrogens with zero attached hydrogens (tertiary/aromatic N) is 3. The van der Waals surface area contributed by atoms with E-state index in [-0.39, 0.29) is 6.67 Å². The molecule has 2 heterocycles. The second-order valence-electron chi connectivity index (χ2n) is 6.00. The maximum atomic E-state index is 12.2. The third kappa shape index (κ3) is 3.06. The molecule has 6 heteroatoms. The lowest BCUT2D eigenvalue weighted by atomic mass is 10.1. The molecule has 0 saturated carbocycles. The van der Waals surface area contributed by atoms with Crippen LogP contribution in [0.15, 0.2) is 54.7 Å². The van der Waals surface area contributed by atoms with E-state index in [4.69, 9.17) is 4.74 Å². The van der Waals surface area contributed by atoms with Gasteiger partial charge in [-0.3, -0.25) is 8.79 Å². The second kappa shape index (κ2) is 7.00. The maximum absolute atomic E-state index is 12.2. The topological polar surface area (TPSA) is 51.5 Å². The molecule has 0 saturated heterocycles. The van der Waals surface area contributed by atoms with Crippen molar-refractivity contribution in [2.75, 3.05) is 25.6 Å². The van der Waals surface area contributed by atoms with Gasteiger partial charge >= 0.3 is 0 Å². The number of imidazole rings is 1. The molecular formula is C20H19FN4O. The molecule has 0 aliphatic carbocycles. The Bertz CT molecular complexity index is 1040. The van der Waals surface area contributed by atoms with Crippen LogP contribution in [0.2, 0.25) is 0 Å². The number of halogens is 1. The first-order valence-electron chi connectivity index (χ1n) is 8.51. The van der Waals surface area contributed by atoms with Gasteiger partial charge in [0.2, 0.25) is 5.78 Å². The summed E-state index contributed by atoms with van der Waals surface area (Å²) in [6.07, 6.45) is 2.49. The molecule has 0 unspecified atom stereocenters. The zero-order valence-corrected chi connectivity index (χ0v) is 14.4. The molecule has 2 aromatic heterocycles. The van der Waals surface area contributed by atoms with E-state index < -0.39 is 0 Å².